The number of hydrogen-bond acceptors (Lipinski definition) is 5. The first-order valence-electron chi connectivity index (χ1n) is 10.7. The van der Waals surface area contributed by atoms with E-state index in [9.17, 15) is 9.90 Å². The smallest absolute Gasteiger partial charge is 0.335 e. The highest BCUT2D eigenvalue weighted by molar-refractivity contribution is 6.13. The number of imidazole rings is 1. The highest BCUT2D eigenvalue weighted by atomic mass is 16.3. The second-order valence-electron chi connectivity index (χ2n) is 7.78. The zero-order valence-electron chi connectivity index (χ0n) is 18.1. The van der Waals surface area contributed by atoms with Crippen LogP contribution in [-0.2, 0) is 7.05 Å². The second kappa shape index (κ2) is 8.01. The third-order valence-electron chi connectivity index (χ3n) is 5.94. The van der Waals surface area contributed by atoms with Crippen LogP contribution in [0.5, 0.6) is 0 Å². The van der Waals surface area contributed by atoms with Gasteiger partial charge in [-0.1, -0.05) is 12.1 Å². The third kappa shape index (κ3) is 3.18. The van der Waals surface area contributed by atoms with E-state index in [1.54, 1.807) is 0 Å². The van der Waals surface area contributed by atoms with Gasteiger partial charge >= 0.3 is 5.65 Å². The van der Waals surface area contributed by atoms with Gasteiger partial charge in [0.1, 0.15) is 17.9 Å². The quantitative estimate of drug-likeness (QED) is 0.328. The maximum absolute atomic E-state index is 13.1. The van der Waals surface area contributed by atoms with E-state index in [4.69, 9.17) is 0 Å². The molecule has 160 valence electrons. The molecule has 0 unspecified atom stereocenters. The molecule has 7 heteroatoms. The number of aliphatic hydroxyl groups excluding tert-OH is 1. The molecule has 0 fully saturated rings. The molecule has 0 saturated carbocycles. The Morgan fingerprint density at radius 3 is 2.56 bits per heavy atom. The van der Waals surface area contributed by atoms with Crippen molar-refractivity contribution in [3.63, 3.8) is 0 Å². The number of benzene rings is 3. The fourth-order valence-electron chi connectivity index (χ4n) is 4.34. The van der Waals surface area contributed by atoms with E-state index in [0.717, 1.165) is 39.9 Å². The number of azo groups is 1. The molecule has 3 aromatic carbocycles. The van der Waals surface area contributed by atoms with Gasteiger partial charge in [0.15, 0.2) is 0 Å². The molecule has 0 spiro atoms. The van der Waals surface area contributed by atoms with Crippen LogP contribution >= 0.6 is 0 Å². The highest BCUT2D eigenvalue weighted by Crippen LogP contribution is 2.33. The summed E-state index contributed by atoms with van der Waals surface area (Å²) in [4.78, 5) is 15.2. The molecule has 0 saturated heterocycles. The summed E-state index contributed by atoms with van der Waals surface area (Å²) in [5.74, 6) is 0. The van der Waals surface area contributed by atoms with E-state index < -0.39 is 0 Å². The maximum atomic E-state index is 13.1. The molecule has 0 atom stereocenters. The van der Waals surface area contributed by atoms with E-state index in [1.165, 1.54) is 0 Å². The fraction of sp³-hybridized carbons (Fsp3) is 0.200. The molecule has 0 bridgehead atoms. The number of pyridine rings is 1. The number of rotatable bonds is 6. The van der Waals surface area contributed by atoms with Crippen molar-refractivity contribution in [3.05, 3.63) is 77.2 Å². The number of anilines is 1. The van der Waals surface area contributed by atoms with Crippen molar-refractivity contribution in [3.8, 4) is 0 Å². The van der Waals surface area contributed by atoms with E-state index >= 15 is 0 Å². The van der Waals surface area contributed by atoms with Gasteiger partial charge in [0.2, 0.25) is 0 Å². The average Bonchev–Trinajstić information content (AvgIpc) is 3.22. The molecular formula is C25H24N5O2+. The molecular weight excluding hydrogens is 402 g/mol. The Balaban J connectivity index is 1.57. The number of aryl methyl sites for hydroxylation is 1. The van der Waals surface area contributed by atoms with Crippen molar-refractivity contribution in [2.45, 2.75) is 6.92 Å². The zero-order valence-corrected chi connectivity index (χ0v) is 18.1. The SMILES string of the molecule is CCN(CCO)c1ccc(N=Nc2ccc3c4c2cccc4c(=O)c2n3cc[n+]2C)cc1. The van der Waals surface area contributed by atoms with Gasteiger partial charge in [-0.05, 0) is 49.4 Å². The summed E-state index contributed by atoms with van der Waals surface area (Å²) in [5, 5.41) is 20.6. The summed E-state index contributed by atoms with van der Waals surface area (Å²) < 4.78 is 3.78. The van der Waals surface area contributed by atoms with E-state index in [0.29, 0.717) is 17.6 Å². The summed E-state index contributed by atoms with van der Waals surface area (Å²) in [6.07, 6.45) is 3.81. The van der Waals surface area contributed by atoms with Crippen LogP contribution in [0.1, 0.15) is 6.92 Å². The molecule has 32 heavy (non-hydrogen) atoms. The molecule has 5 rings (SSSR count). The topological polar surface area (TPSA) is 73.5 Å². The normalized spacial score (nSPS) is 12.0. The lowest BCUT2D eigenvalue weighted by atomic mass is 10.0. The minimum absolute atomic E-state index is 0.00337. The summed E-state index contributed by atoms with van der Waals surface area (Å²) in [7, 11) is 1.88. The van der Waals surface area contributed by atoms with Crippen LogP contribution in [0, 0.1) is 0 Å². The third-order valence-corrected chi connectivity index (χ3v) is 5.94. The first kappa shape index (κ1) is 20.1. The molecule has 0 aliphatic carbocycles. The van der Waals surface area contributed by atoms with E-state index in [1.807, 2.05) is 83.0 Å². The van der Waals surface area contributed by atoms with Crippen molar-refractivity contribution in [1.82, 2.24) is 4.40 Å². The lowest BCUT2D eigenvalue weighted by molar-refractivity contribution is -0.644. The molecule has 5 aromatic rings. The van der Waals surface area contributed by atoms with Gasteiger partial charge in [0.25, 0.3) is 5.43 Å². The Labute approximate surface area is 184 Å². The molecule has 0 aliphatic rings. The molecule has 2 heterocycles. The first-order valence-corrected chi connectivity index (χ1v) is 10.7. The predicted octanol–water partition coefficient (Wildman–Crippen LogP) is 4.10. The summed E-state index contributed by atoms with van der Waals surface area (Å²) >= 11 is 0. The number of aliphatic hydroxyl groups is 1. The summed E-state index contributed by atoms with van der Waals surface area (Å²) in [6.45, 7) is 3.59. The van der Waals surface area contributed by atoms with Crippen molar-refractivity contribution in [2.24, 2.45) is 17.3 Å². The van der Waals surface area contributed by atoms with Crippen molar-refractivity contribution in [2.75, 3.05) is 24.6 Å². The summed E-state index contributed by atoms with van der Waals surface area (Å²) in [5.41, 5.74) is 4.11. The van der Waals surface area contributed by atoms with Crippen LogP contribution in [0.15, 0.2) is 82.0 Å². The molecule has 1 N–H and O–H groups in total. The van der Waals surface area contributed by atoms with Crippen molar-refractivity contribution < 1.29 is 9.67 Å². The number of likely N-dealkylation sites (N-methyl/N-ethyl adjacent to an activating group) is 1. The summed E-state index contributed by atoms with van der Waals surface area (Å²) in [6, 6.07) is 17.5. The predicted molar refractivity (Wildman–Crippen MR) is 127 cm³/mol. The van der Waals surface area contributed by atoms with Crippen molar-refractivity contribution >= 4 is 44.4 Å². The lowest BCUT2D eigenvalue weighted by Gasteiger charge is -2.21. The van der Waals surface area contributed by atoms with E-state index in [2.05, 4.69) is 22.1 Å². The highest BCUT2D eigenvalue weighted by Gasteiger charge is 2.20. The number of aromatic nitrogens is 2. The molecule has 0 radical (unpaired) electrons. The minimum atomic E-state index is 0.00337. The first-order chi connectivity index (χ1) is 15.6. The molecule has 7 nitrogen and oxygen atoms in total. The lowest BCUT2D eigenvalue weighted by Crippen LogP contribution is -2.31. The van der Waals surface area contributed by atoms with Gasteiger partial charge in [-0.2, -0.15) is 9.51 Å². The Bertz CT molecular complexity index is 1510. The van der Waals surface area contributed by atoms with Crippen LogP contribution in [0.3, 0.4) is 0 Å². The van der Waals surface area contributed by atoms with Crippen LogP contribution in [-0.4, -0.2) is 29.2 Å². The largest absolute Gasteiger partial charge is 0.395 e. The van der Waals surface area contributed by atoms with Crippen molar-refractivity contribution in [1.29, 1.82) is 0 Å². The van der Waals surface area contributed by atoms with Crippen LogP contribution in [0.2, 0.25) is 0 Å². The molecule has 2 aromatic heterocycles. The fourth-order valence-corrected chi connectivity index (χ4v) is 4.34. The van der Waals surface area contributed by atoms with Gasteiger partial charge in [-0.3, -0.25) is 4.79 Å². The Morgan fingerprint density at radius 2 is 1.81 bits per heavy atom. The number of hydrogen-bond donors (Lipinski definition) is 1. The van der Waals surface area contributed by atoms with E-state index in [-0.39, 0.29) is 12.0 Å². The maximum Gasteiger partial charge on any atom is 0.335 e. The Kier molecular flexibility index (Phi) is 5.03. The number of fused-ring (bicyclic) bond motifs is 2. The molecule has 0 amide bonds. The Hall–Kier alpha value is -3.84. The minimum Gasteiger partial charge on any atom is -0.395 e. The molecule has 0 aliphatic heterocycles. The van der Waals surface area contributed by atoms with Crippen LogP contribution < -0.4 is 14.9 Å². The standard InChI is InChI=1S/C25H24N5O2/c1-3-29(15-16-31)18-9-7-17(8-10-18)26-27-21-11-12-22-23-19(21)5-4-6-20(23)24(32)25-28(2)13-14-30(22)25/h4-14,31H,3,15-16H2,1-2H3/q+1. The van der Waals surface area contributed by atoms with Crippen LogP contribution in [0.25, 0.3) is 27.3 Å². The Morgan fingerprint density at radius 1 is 1.03 bits per heavy atom. The van der Waals surface area contributed by atoms with Crippen LogP contribution in [0.4, 0.5) is 17.1 Å². The second-order valence-corrected chi connectivity index (χ2v) is 7.78. The van der Waals surface area contributed by atoms with Gasteiger partial charge in [0.05, 0.1) is 25.0 Å². The van der Waals surface area contributed by atoms with Gasteiger partial charge in [-0.25, -0.2) is 4.57 Å². The zero-order chi connectivity index (χ0) is 22.2. The van der Waals surface area contributed by atoms with Gasteiger partial charge < -0.3 is 10.0 Å². The average molecular weight is 427 g/mol. The number of nitrogens with zero attached hydrogens (tertiary/aromatic N) is 5. The monoisotopic (exact) mass is 426 g/mol. The van der Waals surface area contributed by atoms with Gasteiger partial charge in [0, 0.05) is 34.9 Å². The van der Waals surface area contributed by atoms with Gasteiger partial charge in [-0.15, -0.1) is 5.11 Å².